The molecule has 1 aromatic rings. The summed E-state index contributed by atoms with van der Waals surface area (Å²) in [4.78, 5) is 11.6. The second kappa shape index (κ2) is 5.08. The van der Waals surface area contributed by atoms with Crippen LogP contribution in [0.5, 0.6) is 0 Å². The highest BCUT2D eigenvalue weighted by atomic mass is 16.1. The lowest BCUT2D eigenvalue weighted by atomic mass is 10.1. The molecule has 4 nitrogen and oxygen atoms in total. The van der Waals surface area contributed by atoms with Crippen molar-refractivity contribution < 1.29 is 4.79 Å². The molecule has 1 saturated carbocycles. The summed E-state index contributed by atoms with van der Waals surface area (Å²) in [6.45, 7) is 3.50. The minimum atomic E-state index is -0.0760. The number of nitrogens with two attached hydrogens (primary N) is 1. The number of anilines is 2. The van der Waals surface area contributed by atoms with Crippen LogP contribution < -0.4 is 16.4 Å². The first kappa shape index (κ1) is 11.8. The third-order valence-corrected chi connectivity index (χ3v) is 2.93. The average Bonchev–Trinajstić information content (AvgIpc) is 3.11. The van der Waals surface area contributed by atoms with Gasteiger partial charge in [0.2, 0.25) is 0 Å². The fraction of sp³-hybridized carbons (Fsp3) is 0.462. The van der Waals surface area contributed by atoms with Crippen molar-refractivity contribution in [3.63, 3.8) is 0 Å². The molecule has 0 radical (unpaired) electrons. The fourth-order valence-electron chi connectivity index (χ4n) is 1.70. The van der Waals surface area contributed by atoms with Gasteiger partial charge in [-0.05, 0) is 43.9 Å². The number of amides is 1. The van der Waals surface area contributed by atoms with Crippen LogP contribution >= 0.6 is 0 Å². The zero-order chi connectivity index (χ0) is 12.3. The van der Waals surface area contributed by atoms with E-state index in [1.54, 1.807) is 12.1 Å². The lowest BCUT2D eigenvalue weighted by molar-refractivity contribution is 0.0956. The van der Waals surface area contributed by atoms with Crippen LogP contribution in [0.15, 0.2) is 18.2 Å². The Morgan fingerprint density at radius 2 is 2.24 bits per heavy atom. The van der Waals surface area contributed by atoms with E-state index in [0.717, 1.165) is 18.2 Å². The van der Waals surface area contributed by atoms with Gasteiger partial charge in [0.25, 0.3) is 5.91 Å². The van der Waals surface area contributed by atoms with Crippen molar-refractivity contribution in [3.05, 3.63) is 23.8 Å². The number of carbonyl (C=O) groups excluding carboxylic acids is 1. The monoisotopic (exact) mass is 233 g/mol. The highest BCUT2D eigenvalue weighted by molar-refractivity contribution is 5.96. The summed E-state index contributed by atoms with van der Waals surface area (Å²) in [5.41, 5.74) is 8.09. The maximum absolute atomic E-state index is 11.6. The van der Waals surface area contributed by atoms with Crippen molar-refractivity contribution >= 4 is 17.3 Å². The fourth-order valence-corrected chi connectivity index (χ4v) is 1.70. The van der Waals surface area contributed by atoms with Crippen molar-refractivity contribution in [1.82, 2.24) is 5.32 Å². The number of hydrogen-bond donors (Lipinski definition) is 3. The number of carbonyl (C=O) groups is 1. The second-order valence-electron chi connectivity index (χ2n) is 4.49. The molecule has 0 unspecified atom stereocenters. The van der Waals surface area contributed by atoms with E-state index < -0.39 is 0 Å². The molecule has 92 valence electrons. The first-order valence-corrected chi connectivity index (χ1v) is 6.12. The SMILES string of the molecule is CCNC(=O)c1ccc(NCC2CC2)c(N)c1. The summed E-state index contributed by atoms with van der Waals surface area (Å²) in [7, 11) is 0. The zero-order valence-electron chi connectivity index (χ0n) is 10.1. The molecule has 1 aromatic carbocycles. The van der Waals surface area contributed by atoms with Gasteiger partial charge in [0.05, 0.1) is 11.4 Å². The van der Waals surface area contributed by atoms with Crippen LogP contribution in [0.4, 0.5) is 11.4 Å². The van der Waals surface area contributed by atoms with Gasteiger partial charge in [-0.15, -0.1) is 0 Å². The van der Waals surface area contributed by atoms with E-state index in [4.69, 9.17) is 5.73 Å². The second-order valence-corrected chi connectivity index (χ2v) is 4.49. The Morgan fingerprint density at radius 3 is 2.82 bits per heavy atom. The van der Waals surface area contributed by atoms with Crippen LogP contribution in [-0.4, -0.2) is 19.0 Å². The molecule has 1 amide bonds. The summed E-state index contributed by atoms with van der Waals surface area (Å²) in [5, 5.41) is 6.07. The van der Waals surface area contributed by atoms with E-state index >= 15 is 0 Å². The lowest BCUT2D eigenvalue weighted by Gasteiger charge is -2.10. The third kappa shape index (κ3) is 3.12. The van der Waals surface area contributed by atoms with E-state index in [9.17, 15) is 4.79 Å². The number of hydrogen-bond acceptors (Lipinski definition) is 3. The van der Waals surface area contributed by atoms with Gasteiger partial charge < -0.3 is 16.4 Å². The molecule has 0 heterocycles. The smallest absolute Gasteiger partial charge is 0.251 e. The molecule has 0 aromatic heterocycles. The van der Waals surface area contributed by atoms with Gasteiger partial charge in [0, 0.05) is 18.7 Å². The van der Waals surface area contributed by atoms with Crippen molar-refractivity contribution in [1.29, 1.82) is 0 Å². The van der Waals surface area contributed by atoms with E-state index in [1.165, 1.54) is 12.8 Å². The summed E-state index contributed by atoms with van der Waals surface area (Å²) >= 11 is 0. The molecular weight excluding hydrogens is 214 g/mol. The van der Waals surface area contributed by atoms with E-state index in [1.807, 2.05) is 13.0 Å². The Morgan fingerprint density at radius 1 is 1.47 bits per heavy atom. The van der Waals surface area contributed by atoms with Crippen LogP contribution in [0.25, 0.3) is 0 Å². The largest absolute Gasteiger partial charge is 0.397 e. The molecule has 1 fully saturated rings. The average molecular weight is 233 g/mol. The molecular formula is C13H19N3O. The van der Waals surface area contributed by atoms with Gasteiger partial charge in [-0.25, -0.2) is 0 Å². The minimum Gasteiger partial charge on any atom is -0.397 e. The molecule has 0 aliphatic heterocycles. The molecule has 4 heteroatoms. The molecule has 4 N–H and O–H groups in total. The normalized spacial score (nSPS) is 14.4. The van der Waals surface area contributed by atoms with E-state index in [0.29, 0.717) is 17.8 Å². The van der Waals surface area contributed by atoms with Gasteiger partial charge in [0.15, 0.2) is 0 Å². The number of nitrogens with one attached hydrogen (secondary N) is 2. The maximum atomic E-state index is 11.6. The predicted molar refractivity (Wildman–Crippen MR) is 70.1 cm³/mol. The lowest BCUT2D eigenvalue weighted by Crippen LogP contribution is -2.22. The minimum absolute atomic E-state index is 0.0760. The summed E-state index contributed by atoms with van der Waals surface area (Å²) in [6, 6.07) is 5.40. The van der Waals surface area contributed by atoms with Crippen LogP contribution in [-0.2, 0) is 0 Å². The Kier molecular flexibility index (Phi) is 3.52. The quantitative estimate of drug-likeness (QED) is 0.680. The zero-order valence-corrected chi connectivity index (χ0v) is 10.1. The molecule has 0 atom stereocenters. The molecule has 0 bridgehead atoms. The Hall–Kier alpha value is -1.71. The van der Waals surface area contributed by atoms with E-state index in [-0.39, 0.29) is 5.91 Å². The molecule has 1 aliphatic carbocycles. The van der Waals surface area contributed by atoms with Crippen molar-refractivity contribution in [3.8, 4) is 0 Å². The first-order chi connectivity index (χ1) is 8.20. The van der Waals surface area contributed by atoms with Crippen LogP contribution in [0.1, 0.15) is 30.1 Å². The van der Waals surface area contributed by atoms with Gasteiger partial charge in [-0.1, -0.05) is 0 Å². The molecule has 0 saturated heterocycles. The number of nitrogen functional groups attached to an aromatic ring is 1. The number of benzene rings is 1. The summed E-state index contributed by atoms with van der Waals surface area (Å²) in [5.74, 6) is 0.727. The van der Waals surface area contributed by atoms with Crippen LogP contribution in [0.3, 0.4) is 0 Å². The predicted octanol–water partition coefficient (Wildman–Crippen LogP) is 1.84. The Bertz CT molecular complexity index is 413. The van der Waals surface area contributed by atoms with Crippen LogP contribution in [0.2, 0.25) is 0 Å². The Labute approximate surface area is 102 Å². The maximum Gasteiger partial charge on any atom is 0.251 e. The van der Waals surface area contributed by atoms with Gasteiger partial charge >= 0.3 is 0 Å². The topological polar surface area (TPSA) is 67.2 Å². The van der Waals surface area contributed by atoms with Crippen molar-refractivity contribution in [2.24, 2.45) is 5.92 Å². The molecule has 2 rings (SSSR count). The van der Waals surface area contributed by atoms with E-state index in [2.05, 4.69) is 10.6 Å². The van der Waals surface area contributed by atoms with Gasteiger partial charge in [-0.3, -0.25) is 4.79 Å². The molecule has 17 heavy (non-hydrogen) atoms. The summed E-state index contributed by atoms with van der Waals surface area (Å²) < 4.78 is 0. The van der Waals surface area contributed by atoms with Gasteiger partial charge in [0.1, 0.15) is 0 Å². The third-order valence-electron chi connectivity index (χ3n) is 2.93. The molecule has 1 aliphatic rings. The number of rotatable bonds is 5. The van der Waals surface area contributed by atoms with Crippen molar-refractivity contribution in [2.75, 3.05) is 24.1 Å². The van der Waals surface area contributed by atoms with Crippen molar-refractivity contribution in [2.45, 2.75) is 19.8 Å². The van der Waals surface area contributed by atoms with Crippen LogP contribution in [0, 0.1) is 5.92 Å². The standard InChI is InChI=1S/C13H19N3O/c1-2-15-13(17)10-5-6-12(11(14)7-10)16-8-9-3-4-9/h5-7,9,16H,2-4,8,14H2,1H3,(H,15,17). The molecule has 0 spiro atoms. The van der Waals surface area contributed by atoms with Gasteiger partial charge in [-0.2, -0.15) is 0 Å². The highest BCUT2D eigenvalue weighted by Gasteiger charge is 2.20. The first-order valence-electron chi connectivity index (χ1n) is 6.12. The summed E-state index contributed by atoms with van der Waals surface area (Å²) in [6.07, 6.45) is 2.62. The Balaban J connectivity index is 2.01. The highest BCUT2D eigenvalue weighted by Crippen LogP contribution is 2.30.